The average molecular weight is 363 g/mol. The first-order valence-corrected chi connectivity index (χ1v) is 8.23. The van der Waals surface area contributed by atoms with Gasteiger partial charge in [-0.15, -0.1) is 16.4 Å². The van der Waals surface area contributed by atoms with E-state index in [-0.39, 0.29) is 18.1 Å². The number of carbonyl (C=O) groups is 1. The number of thiophene rings is 1. The van der Waals surface area contributed by atoms with Crippen molar-refractivity contribution >= 4 is 33.1 Å². The first kappa shape index (κ1) is 17.2. The fourth-order valence-corrected chi connectivity index (χ4v) is 3.36. The summed E-state index contributed by atoms with van der Waals surface area (Å²) in [6.07, 6.45) is -1.30. The maximum atomic E-state index is 12.5. The minimum absolute atomic E-state index is 0.159. The Balaban J connectivity index is 1.78. The Morgan fingerprint density at radius 1 is 1.32 bits per heavy atom. The van der Waals surface area contributed by atoms with Gasteiger partial charge in [0.05, 0.1) is 11.4 Å². The molecule has 0 aliphatic rings. The number of aryl methyl sites for hydroxylation is 2. The summed E-state index contributed by atoms with van der Waals surface area (Å²) in [5, 5.41) is 11.6. The molecular weight excluding hydrogens is 348 g/mol. The predicted molar refractivity (Wildman–Crippen MR) is 91.7 cm³/mol. The zero-order valence-corrected chi connectivity index (χ0v) is 14.3. The Bertz CT molecular complexity index is 940. The molecular formula is C16H15F2N5OS. The van der Waals surface area contributed by atoms with Gasteiger partial charge < -0.3 is 11.1 Å². The third kappa shape index (κ3) is 3.27. The number of hydrogen-bond acceptors (Lipinski definition) is 6. The Morgan fingerprint density at radius 3 is 2.72 bits per heavy atom. The van der Waals surface area contributed by atoms with Gasteiger partial charge in [-0.05, 0) is 31.0 Å². The van der Waals surface area contributed by atoms with Crippen LogP contribution in [0, 0.1) is 13.8 Å². The summed E-state index contributed by atoms with van der Waals surface area (Å²) in [5.41, 5.74) is 8.46. The monoisotopic (exact) mass is 363 g/mol. The maximum absolute atomic E-state index is 12.5. The van der Waals surface area contributed by atoms with Gasteiger partial charge in [-0.1, -0.05) is 6.07 Å². The van der Waals surface area contributed by atoms with Gasteiger partial charge in [0, 0.05) is 18.1 Å². The number of pyridine rings is 1. The van der Waals surface area contributed by atoms with E-state index in [2.05, 4.69) is 20.5 Å². The highest BCUT2D eigenvalue weighted by atomic mass is 32.1. The Hall–Kier alpha value is -2.68. The van der Waals surface area contributed by atoms with E-state index in [4.69, 9.17) is 5.73 Å². The van der Waals surface area contributed by atoms with Crippen molar-refractivity contribution in [3.63, 3.8) is 0 Å². The lowest BCUT2D eigenvalue weighted by atomic mass is 10.1. The van der Waals surface area contributed by atoms with Gasteiger partial charge in [-0.25, -0.2) is 8.78 Å². The summed E-state index contributed by atoms with van der Waals surface area (Å²) in [6, 6.07) is 2.74. The number of aromatic nitrogens is 3. The molecule has 0 aliphatic carbocycles. The van der Waals surface area contributed by atoms with Crippen LogP contribution in [0.4, 0.5) is 14.5 Å². The standard InChI is InChI=1S/C16H15F2N5OS/c1-7-8(2)22-23-16-11(7)12(19)13(25-16)15(24)21-6-9-3-4-10(14(17)18)20-5-9/h3-5,14H,6,19H2,1-2H3,(H,21,24). The molecule has 0 spiro atoms. The van der Waals surface area contributed by atoms with Gasteiger partial charge in [0.25, 0.3) is 12.3 Å². The van der Waals surface area contributed by atoms with E-state index in [1.807, 2.05) is 13.8 Å². The van der Waals surface area contributed by atoms with Crippen molar-refractivity contribution in [2.45, 2.75) is 26.8 Å². The molecule has 0 saturated carbocycles. The molecule has 3 N–H and O–H groups in total. The second-order valence-electron chi connectivity index (χ2n) is 5.51. The Labute approximate surface area is 146 Å². The van der Waals surface area contributed by atoms with Crippen molar-refractivity contribution in [1.82, 2.24) is 20.5 Å². The Kier molecular flexibility index (Phi) is 4.58. The number of nitrogens with one attached hydrogen (secondary N) is 1. The lowest BCUT2D eigenvalue weighted by molar-refractivity contribution is 0.0955. The molecule has 3 rings (SSSR count). The van der Waals surface area contributed by atoms with Crippen molar-refractivity contribution in [2.24, 2.45) is 0 Å². The highest BCUT2D eigenvalue weighted by Crippen LogP contribution is 2.34. The lowest BCUT2D eigenvalue weighted by Gasteiger charge is -2.06. The van der Waals surface area contributed by atoms with E-state index in [1.54, 1.807) is 0 Å². The van der Waals surface area contributed by atoms with Crippen LogP contribution in [0.25, 0.3) is 10.2 Å². The number of amides is 1. The van der Waals surface area contributed by atoms with Gasteiger partial charge in [0.2, 0.25) is 0 Å². The topological polar surface area (TPSA) is 93.8 Å². The molecule has 3 heterocycles. The molecule has 0 aromatic carbocycles. The van der Waals surface area contributed by atoms with E-state index >= 15 is 0 Å². The molecule has 0 radical (unpaired) electrons. The molecule has 3 aromatic heterocycles. The summed E-state index contributed by atoms with van der Waals surface area (Å²) < 4.78 is 25.0. The largest absolute Gasteiger partial charge is 0.397 e. The molecule has 0 bridgehead atoms. The van der Waals surface area contributed by atoms with Crippen LogP contribution < -0.4 is 11.1 Å². The quantitative estimate of drug-likeness (QED) is 0.743. The molecule has 0 atom stereocenters. The zero-order chi connectivity index (χ0) is 18.1. The van der Waals surface area contributed by atoms with Crippen LogP contribution in [0.5, 0.6) is 0 Å². The van der Waals surface area contributed by atoms with E-state index in [9.17, 15) is 13.6 Å². The third-order valence-electron chi connectivity index (χ3n) is 3.87. The summed E-state index contributed by atoms with van der Waals surface area (Å²) in [6.45, 7) is 3.87. The Morgan fingerprint density at radius 2 is 2.08 bits per heavy atom. The second kappa shape index (κ2) is 6.67. The van der Waals surface area contributed by atoms with E-state index < -0.39 is 6.43 Å². The molecule has 0 unspecified atom stereocenters. The van der Waals surface area contributed by atoms with Crippen LogP contribution >= 0.6 is 11.3 Å². The van der Waals surface area contributed by atoms with Crippen molar-refractivity contribution in [3.05, 3.63) is 45.7 Å². The normalized spacial score (nSPS) is 11.2. The number of nitrogen functional groups attached to an aromatic ring is 1. The van der Waals surface area contributed by atoms with Crippen LogP contribution in [0.15, 0.2) is 18.3 Å². The average Bonchev–Trinajstić information content (AvgIpc) is 2.94. The molecule has 0 fully saturated rings. The van der Waals surface area contributed by atoms with Crippen LogP contribution in [-0.2, 0) is 6.54 Å². The summed E-state index contributed by atoms with van der Waals surface area (Å²) in [4.78, 5) is 17.0. The van der Waals surface area contributed by atoms with Crippen LogP contribution in [0.1, 0.15) is 38.6 Å². The highest BCUT2D eigenvalue weighted by molar-refractivity contribution is 7.21. The van der Waals surface area contributed by atoms with Crippen molar-refractivity contribution in [1.29, 1.82) is 0 Å². The van der Waals surface area contributed by atoms with Crippen LogP contribution in [0.3, 0.4) is 0 Å². The van der Waals surface area contributed by atoms with E-state index in [1.165, 1.54) is 29.7 Å². The molecule has 1 amide bonds. The van der Waals surface area contributed by atoms with Crippen LogP contribution in [-0.4, -0.2) is 21.1 Å². The van der Waals surface area contributed by atoms with Gasteiger partial charge >= 0.3 is 0 Å². The molecule has 9 heteroatoms. The fourth-order valence-electron chi connectivity index (χ4n) is 2.34. The number of alkyl halides is 2. The number of nitrogens with two attached hydrogens (primary N) is 1. The smallest absolute Gasteiger partial charge is 0.280 e. The number of hydrogen-bond donors (Lipinski definition) is 2. The minimum atomic E-state index is -2.62. The zero-order valence-electron chi connectivity index (χ0n) is 13.5. The molecule has 6 nitrogen and oxygen atoms in total. The number of carbonyl (C=O) groups excluding carboxylic acids is 1. The van der Waals surface area contributed by atoms with Gasteiger partial charge in [-0.3, -0.25) is 9.78 Å². The first-order valence-electron chi connectivity index (χ1n) is 7.41. The summed E-state index contributed by atoms with van der Waals surface area (Å²) >= 11 is 1.17. The molecule has 0 saturated heterocycles. The van der Waals surface area contributed by atoms with Gasteiger partial charge in [-0.2, -0.15) is 5.10 Å². The highest BCUT2D eigenvalue weighted by Gasteiger charge is 2.19. The molecule has 3 aromatic rings. The van der Waals surface area contributed by atoms with Gasteiger partial charge in [0.15, 0.2) is 0 Å². The van der Waals surface area contributed by atoms with Crippen molar-refractivity contribution in [2.75, 3.05) is 5.73 Å². The second-order valence-corrected chi connectivity index (χ2v) is 6.51. The molecule has 25 heavy (non-hydrogen) atoms. The number of rotatable bonds is 4. The number of nitrogens with zero attached hydrogens (tertiary/aromatic N) is 3. The van der Waals surface area contributed by atoms with Gasteiger partial charge in [0.1, 0.15) is 15.4 Å². The molecule has 0 aliphatic heterocycles. The lowest BCUT2D eigenvalue weighted by Crippen LogP contribution is -2.22. The number of halogens is 2. The minimum Gasteiger partial charge on any atom is -0.397 e. The predicted octanol–water partition coefficient (Wildman–Crippen LogP) is 3.15. The van der Waals surface area contributed by atoms with Crippen molar-refractivity contribution < 1.29 is 13.6 Å². The third-order valence-corrected chi connectivity index (χ3v) is 4.95. The van der Waals surface area contributed by atoms with Crippen molar-refractivity contribution in [3.8, 4) is 0 Å². The first-order chi connectivity index (χ1) is 11.9. The fraction of sp³-hybridized carbons (Fsp3) is 0.250. The number of anilines is 1. The maximum Gasteiger partial charge on any atom is 0.280 e. The summed E-state index contributed by atoms with van der Waals surface area (Å²) in [7, 11) is 0. The molecule has 130 valence electrons. The number of fused-ring (bicyclic) bond motifs is 1. The van der Waals surface area contributed by atoms with E-state index in [0.717, 1.165) is 16.6 Å². The van der Waals surface area contributed by atoms with Crippen LogP contribution in [0.2, 0.25) is 0 Å². The SMILES string of the molecule is Cc1nnc2sc(C(=O)NCc3ccc(C(F)F)nc3)c(N)c2c1C. The summed E-state index contributed by atoms with van der Waals surface area (Å²) in [5.74, 6) is -0.351. The van der Waals surface area contributed by atoms with E-state index in [0.29, 0.717) is 21.0 Å².